The molecule has 0 aromatic rings. The topological polar surface area (TPSA) is 93.7 Å². The smallest absolute Gasteiger partial charge is 0.246 e. The molecular weight excluding hydrogens is 276 g/mol. The second-order valence-electron chi connectivity index (χ2n) is 4.67. The molecule has 0 fully saturated rings. The summed E-state index contributed by atoms with van der Waals surface area (Å²) in [5.74, 6) is -0.452. The number of hydrogen-bond donors (Lipinski definition) is 2. The van der Waals surface area contributed by atoms with E-state index in [0.29, 0.717) is 26.2 Å². The zero-order valence-electron chi connectivity index (χ0n) is 13.1. The van der Waals surface area contributed by atoms with Gasteiger partial charge in [-0.15, -0.1) is 0 Å². The van der Waals surface area contributed by atoms with Gasteiger partial charge in [0.1, 0.15) is 6.61 Å². The minimum atomic E-state index is -0.431. The van der Waals surface area contributed by atoms with Crippen LogP contribution in [0, 0.1) is 0 Å². The molecular formula is C14H26N2O5. The number of amides is 2. The first-order valence-corrected chi connectivity index (χ1v) is 7.17. The lowest BCUT2D eigenvalue weighted by Gasteiger charge is -2.15. The molecule has 0 saturated carbocycles. The van der Waals surface area contributed by atoms with E-state index in [1.807, 2.05) is 6.92 Å². The number of ketones is 1. The molecule has 1 atom stereocenters. The van der Waals surface area contributed by atoms with Gasteiger partial charge in [-0.1, -0.05) is 13.3 Å². The van der Waals surface area contributed by atoms with Gasteiger partial charge in [0.15, 0.2) is 5.78 Å². The molecule has 0 aliphatic carbocycles. The van der Waals surface area contributed by atoms with Gasteiger partial charge in [-0.05, 0) is 13.3 Å². The van der Waals surface area contributed by atoms with Crippen molar-refractivity contribution in [2.24, 2.45) is 0 Å². The van der Waals surface area contributed by atoms with Gasteiger partial charge in [-0.25, -0.2) is 0 Å². The summed E-state index contributed by atoms with van der Waals surface area (Å²) in [4.78, 5) is 33.4. The van der Waals surface area contributed by atoms with E-state index in [9.17, 15) is 14.4 Å². The molecule has 0 bridgehead atoms. The van der Waals surface area contributed by atoms with E-state index in [1.165, 1.54) is 13.8 Å². The van der Waals surface area contributed by atoms with Gasteiger partial charge in [0.25, 0.3) is 0 Å². The van der Waals surface area contributed by atoms with Crippen molar-refractivity contribution in [3.63, 3.8) is 0 Å². The summed E-state index contributed by atoms with van der Waals surface area (Å²) >= 11 is 0. The van der Waals surface area contributed by atoms with E-state index in [-0.39, 0.29) is 30.8 Å². The Kier molecular flexibility index (Phi) is 11.4. The van der Waals surface area contributed by atoms with Crippen LogP contribution in [0.1, 0.15) is 33.6 Å². The number of rotatable bonds is 12. The number of Topliss-reactive ketones (excluding diaryl/α,β-unsaturated/α-hetero) is 1. The maximum Gasteiger partial charge on any atom is 0.246 e. The Bertz CT molecular complexity index is 333. The molecule has 0 aromatic carbocycles. The van der Waals surface area contributed by atoms with Crippen molar-refractivity contribution in [3.05, 3.63) is 0 Å². The molecule has 0 saturated heterocycles. The molecule has 21 heavy (non-hydrogen) atoms. The van der Waals surface area contributed by atoms with Crippen molar-refractivity contribution in [1.82, 2.24) is 10.6 Å². The maximum atomic E-state index is 11.6. The maximum absolute atomic E-state index is 11.6. The van der Waals surface area contributed by atoms with Gasteiger partial charge in [-0.2, -0.15) is 0 Å². The lowest BCUT2D eigenvalue weighted by atomic mass is 10.1. The first-order chi connectivity index (χ1) is 9.97. The van der Waals surface area contributed by atoms with Crippen molar-refractivity contribution in [1.29, 1.82) is 0 Å². The second kappa shape index (κ2) is 12.3. The Morgan fingerprint density at radius 2 is 1.71 bits per heavy atom. The van der Waals surface area contributed by atoms with Crippen LogP contribution < -0.4 is 10.6 Å². The largest absolute Gasteiger partial charge is 0.377 e. The summed E-state index contributed by atoms with van der Waals surface area (Å²) in [6, 6.07) is -0.431. The van der Waals surface area contributed by atoms with Crippen LogP contribution in [0.5, 0.6) is 0 Å². The van der Waals surface area contributed by atoms with Crippen LogP contribution >= 0.6 is 0 Å². The van der Waals surface area contributed by atoms with Crippen molar-refractivity contribution in [2.75, 3.05) is 33.0 Å². The predicted molar refractivity (Wildman–Crippen MR) is 77.8 cm³/mol. The molecule has 122 valence electrons. The Labute approximate surface area is 125 Å². The highest BCUT2D eigenvalue weighted by Gasteiger charge is 2.15. The molecule has 0 radical (unpaired) electrons. The van der Waals surface area contributed by atoms with E-state index in [0.717, 1.165) is 6.42 Å². The zero-order chi connectivity index (χ0) is 16.1. The van der Waals surface area contributed by atoms with Gasteiger partial charge in [0.05, 0.1) is 25.9 Å². The minimum absolute atomic E-state index is 0.0495. The van der Waals surface area contributed by atoms with Crippen LogP contribution in [-0.2, 0) is 23.9 Å². The zero-order valence-corrected chi connectivity index (χ0v) is 13.1. The molecule has 0 heterocycles. The number of nitrogens with one attached hydrogen (secondary N) is 2. The fourth-order valence-corrected chi connectivity index (χ4v) is 1.59. The lowest BCUT2D eigenvalue weighted by molar-refractivity contribution is -0.130. The fraction of sp³-hybridized carbons (Fsp3) is 0.786. The summed E-state index contributed by atoms with van der Waals surface area (Å²) < 4.78 is 10.3. The first-order valence-electron chi connectivity index (χ1n) is 7.17. The average molecular weight is 302 g/mol. The summed E-state index contributed by atoms with van der Waals surface area (Å²) in [5.41, 5.74) is 0. The standard InChI is InChI=1S/C14H26N2O5/c1-4-5-13(11(2)17)16-14(19)10-21-9-8-20-7-6-15-12(3)18/h13H,4-10H2,1-3H3,(H,15,18)(H,16,19)/t13-/m0/s1. The normalized spacial score (nSPS) is 11.8. The predicted octanol–water partition coefficient (Wildman–Crippen LogP) is 0.0296. The van der Waals surface area contributed by atoms with Crippen LogP contribution in [0.3, 0.4) is 0 Å². The minimum Gasteiger partial charge on any atom is -0.377 e. The summed E-state index contributed by atoms with van der Waals surface area (Å²) in [6.07, 6.45) is 1.46. The highest BCUT2D eigenvalue weighted by Crippen LogP contribution is 1.97. The SMILES string of the molecule is CCC[C@H](NC(=O)COCCOCCNC(C)=O)C(C)=O. The molecule has 2 amide bonds. The lowest BCUT2D eigenvalue weighted by Crippen LogP contribution is -2.41. The van der Waals surface area contributed by atoms with Gasteiger partial charge >= 0.3 is 0 Å². The van der Waals surface area contributed by atoms with E-state index in [4.69, 9.17) is 9.47 Å². The summed E-state index contributed by atoms with van der Waals surface area (Å²) in [5, 5.41) is 5.24. The summed E-state index contributed by atoms with van der Waals surface area (Å²) in [7, 11) is 0. The molecule has 0 aliphatic rings. The van der Waals surface area contributed by atoms with E-state index < -0.39 is 6.04 Å². The van der Waals surface area contributed by atoms with Crippen LogP contribution in [0.2, 0.25) is 0 Å². The van der Waals surface area contributed by atoms with Crippen molar-refractivity contribution >= 4 is 17.6 Å². The van der Waals surface area contributed by atoms with Crippen molar-refractivity contribution in [3.8, 4) is 0 Å². The molecule has 0 unspecified atom stereocenters. The molecule has 2 N–H and O–H groups in total. The third-order valence-corrected chi connectivity index (χ3v) is 2.63. The average Bonchev–Trinajstić information content (AvgIpc) is 2.40. The van der Waals surface area contributed by atoms with Gasteiger partial charge in [0.2, 0.25) is 11.8 Å². The van der Waals surface area contributed by atoms with Gasteiger partial charge in [-0.3, -0.25) is 14.4 Å². The molecule has 7 heteroatoms. The number of carbonyl (C=O) groups excluding carboxylic acids is 3. The van der Waals surface area contributed by atoms with Crippen molar-refractivity contribution in [2.45, 2.75) is 39.7 Å². The van der Waals surface area contributed by atoms with E-state index >= 15 is 0 Å². The van der Waals surface area contributed by atoms with E-state index in [2.05, 4.69) is 10.6 Å². The van der Waals surface area contributed by atoms with Crippen molar-refractivity contribution < 1.29 is 23.9 Å². The highest BCUT2D eigenvalue weighted by molar-refractivity contribution is 5.87. The molecule has 0 spiro atoms. The molecule has 0 aliphatic heterocycles. The molecule has 7 nitrogen and oxygen atoms in total. The van der Waals surface area contributed by atoms with Gasteiger partial charge < -0.3 is 20.1 Å². The van der Waals surface area contributed by atoms with Gasteiger partial charge in [0, 0.05) is 13.5 Å². The Morgan fingerprint density at radius 1 is 1.05 bits per heavy atom. The third kappa shape index (κ3) is 12.0. The summed E-state index contributed by atoms with van der Waals surface area (Å²) in [6.45, 7) is 6.24. The van der Waals surface area contributed by atoms with Crippen LogP contribution in [0.25, 0.3) is 0 Å². The van der Waals surface area contributed by atoms with E-state index in [1.54, 1.807) is 0 Å². The van der Waals surface area contributed by atoms with Crippen LogP contribution in [0.15, 0.2) is 0 Å². The monoisotopic (exact) mass is 302 g/mol. The van der Waals surface area contributed by atoms with Crippen LogP contribution in [-0.4, -0.2) is 56.6 Å². The number of hydrogen-bond acceptors (Lipinski definition) is 5. The molecule has 0 aromatic heterocycles. The van der Waals surface area contributed by atoms with Crippen LogP contribution in [0.4, 0.5) is 0 Å². The Hall–Kier alpha value is -1.47. The Balaban J connectivity index is 3.57. The molecule has 0 rings (SSSR count). The Morgan fingerprint density at radius 3 is 2.29 bits per heavy atom. The number of ether oxygens (including phenoxy) is 2. The number of carbonyl (C=O) groups is 3. The fourth-order valence-electron chi connectivity index (χ4n) is 1.59. The quantitative estimate of drug-likeness (QED) is 0.496. The highest BCUT2D eigenvalue weighted by atomic mass is 16.5. The first kappa shape index (κ1) is 19.5. The second-order valence-corrected chi connectivity index (χ2v) is 4.67. The third-order valence-electron chi connectivity index (χ3n) is 2.63.